The Morgan fingerprint density at radius 3 is 2.82 bits per heavy atom. The molecule has 1 aliphatic rings. The van der Waals surface area contributed by atoms with E-state index < -0.39 is 0 Å². The van der Waals surface area contributed by atoms with Gasteiger partial charge in [0.15, 0.2) is 0 Å². The third kappa shape index (κ3) is 3.40. The molecule has 118 valence electrons. The van der Waals surface area contributed by atoms with Crippen molar-refractivity contribution in [2.24, 2.45) is 5.92 Å². The Kier molecular flexibility index (Phi) is 4.62. The summed E-state index contributed by atoms with van der Waals surface area (Å²) >= 11 is 1.62. The normalized spacial score (nSPS) is 21.7. The van der Waals surface area contributed by atoms with E-state index in [1.165, 1.54) is 19.3 Å². The van der Waals surface area contributed by atoms with Gasteiger partial charge in [-0.3, -0.25) is 4.79 Å². The van der Waals surface area contributed by atoms with Gasteiger partial charge in [-0.1, -0.05) is 13.3 Å². The standard InChI is InChI=1S/C17H23N3OS/c1-3-12-4-6-14(7-5-12)20-17(21)15-8-13(9-18-15)16-10-22-11(2)19-16/h8-10,12,14,18H,3-7H2,1-2H3,(H,20,21). The minimum atomic E-state index is -0.00171. The molecule has 0 spiro atoms. The first-order valence-corrected chi connectivity index (χ1v) is 8.95. The van der Waals surface area contributed by atoms with Gasteiger partial charge in [0.2, 0.25) is 0 Å². The molecule has 1 aliphatic carbocycles. The molecular formula is C17H23N3OS. The number of H-pyrrole nitrogens is 1. The monoisotopic (exact) mass is 317 g/mol. The maximum absolute atomic E-state index is 12.4. The highest BCUT2D eigenvalue weighted by Gasteiger charge is 2.22. The minimum absolute atomic E-state index is 0.00171. The highest BCUT2D eigenvalue weighted by atomic mass is 32.1. The largest absolute Gasteiger partial charge is 0.357 e. The maximum atomic E-state index is 12.4. The molecule has 22 heavy (non-hydrogen) atoms. The van der Waals surface area contributed by atoms with E-state index in [4.69, 9.17) is 0 Å². The van der Waals surface area contributed by atoms with Crippen LogP contribution in [0.3, 0.4) is 0 Å². The van der Waals surface area contributed by atoms with Crippen LogP contribution in [0, 0.1) is 12.8 Å². The number of carbonyl (C=O) groups is 1. The summed E-state index contributed by atoms with van der Waals surface area (Å²) in [6.45, 7) is 4.24. The van der Waals surface area contributed by atoms with Crippen molar-refractivity contribution in [3.63, 3.8) is 0 Å². The quantitative estimate of drug-likeness (QED) is 0.890. The van der Waals surface area contributed by atoms with Crippen molar-refractivity contribution < 1.29 is 4.79 Å². The first kappa shape index (κ1) is 15.3. The van der Waals surface area contributed by atoms with E-state index in [1.807, 2.05) is 24.6 Å². The van der Waals surface area contributed by atoms with Crippen LogP contribution in [0.2, 0.25) is 0 Å². The van der Waals surface area contributed by atoms with Crippen LogP contribution in [-0.4, -0.2) is 21.9 Å². The van der Waals surface area contributed by atoms with E-state index >= 15 is 0 Å². The first-order valence-electron chi connectivity index (χ1n) is 8.07. The van der Waals surface area contributed by atoms with Gasteiger partial charge < -0.3 is 10.3 Å². The smallest absolute Gasteiger partial charge is 0.267 e. The van der Waals surface area contributed by atoms with E-state index in [9.17, 15) is 4.79 Å². The van der Waals surface area contributed by atoms with E-state index in [2.05, 4.69) is 22.2 Å². The van der Waals surface area contributed by atoms with Crippen LogP contribution in [0.1, 0.15) is 54.5 Å². The maximum Gasteiger partial charge on any atom is 0.267 e. The van der Waals surface area contributed by atoms with Crippen molar-refractivity contribution in [1.82, 2.24) is 15.3 Å². The number of nitrogens with zero attached hydrogens (tertiary/aromatic N) is 1. The molecule has 5 heteroatoms. The second-order valence-corrected chi connectivity index (χ2v) is 7.22. The lowest BCUT2D eigenvalue weighted by atomic mass is 9.84. The Morgan fingerprint density at radius 2 is 2.18 bits per heavy atom. The highest BCUT2D eigenvalue weighted by molar-refractivity contribution is 7.09. The van der Waals surface area contributed by atoms with Gasteiger partial charge in [0.1, 0.15) is 5.69 Å². The summed E-state index contributed by atoms with van der Waals surface area (Å²) < 4.78 is 0. The number of hydrogen-bond donors (Lipinski definition) is 2. The van der Waals surface area contributed by atoms with Gasteiger partial charge in [0, 0.05) is 23.2 Å². The van der Waals surface area contributed by atoms with Gasteiger partial charge in [-0.05, 0) is 44.6 Å². The van der Waals surface area contributed by atoms with Crippen LogP contribution in [-0.2, 0) is 0 Å². The Bertz CT molecular complexity index is 638. The van der Waals surface area contributed by atoms with Crippen molar-refractivity contribution in [2.45, 2.75) is 52.0 Å². The summed E-state index contributed by atoms with van der Waals surface area (Å²) in [4.78, 5) is 19.9. The van der Waals surface area contributed by atoms with E-state index in [1.54, 1.807) is 11.3 Å². The summed E-state index contributed by atoms with van der Waals surface area (Å²) in [5.41, 5.74) is 2.53. The second kappa shape index (κ2) is 6.65. The van der Waals surface area contributed by atoms with Crippen LogP contribution < -0.4 is 5.32 Å². The Balaban J connectivity index is 1.60. The van der Waals surface area contributed by atoms with Gasteiger partial charge in [0.25, 0.3) is 5.91 Å². The molecule has 0 unspecified atom stereocenters. The number of aromatic nitrogens is 2. The number of amides is 1. The van der Waals surface area contributed by atoms with E-state index in [0.29, 0.717) is 11.7 Å². The molecule has 1 fully saturated rings. The Labute approximate surface area is 135 Å². The molecule has 1 amide bonds. The van der Waals surface area contributed by atoms with Gasteiger partial charge in [-0.2, -0.15) is 0 Å². The molecule has 0 bridgehead atoms. The molecular weight excluding hydrogens is 294 g/mol. The van der Waals surface area contributed by atoms with Gasteiger partial charge in [-0.15, -0.1) is 11.3 Å². The van der Waals surface area contributed by atoms with Crippen molar-refractivity contribution in [3.05, 3.63) is 28.3 Å². The second-order valence-electron chi connectivity index (χ2n) is 6.15. The molecule has 0 saturated heterocycles. The highest BCUT2D eigenvalue weighted by Crippen LogP contribution is 2.27. The Hall–Kier alpha value is -1.62. The predicted octanol–water partition coefficient (Wildman–Crippen LogP) is 4.15. The summed E-state index contributed by atoms with van der Waals surface area (Å²) in [6.07, 6.45) is 7.78. The van der Waals surface area contributed by atoms with Crippen LogP contribution in [0.4, 0.5) is 0 Å². The van der Waals surface area contributed by atoms with Crippen molar-refractivity contribution >= 4 is 17.2 Å². The molecule has 2 aromatic heterocycles. The molecule has 2 N–H and O–H groups in total. The fourth-order valence-corrected chi connectivity index (χ4v) is 3.77. The lowest BCUT2D eigenvalue weighted by Gasteiger charge is -2.28. The lowest BCUT2D eigenvalue weighted by molar-refractivity contribution is 0.0917. The molecule has 0 atom stereocenters. The number of hydrogen-bond acceptors (Lipinski definition) is 3. The van der Waals surface area contributed by atoms with E-state index in [0.717, 1.165) is 35.0 Å². The zero-order valence-electron chi connectivity index (χ0n) is 13.2. The first-order chi connectivity index (χ1) is 10.7. The van der Waals surface area contributed by atoms with Crippen molar-refractivity contribution in [3.8, 4) is 11.3 Å². The van der Waals surface area contributed by atoms with Gasteiger partial charge in [-0.25, -0.2) is 4.98 Å². The van der Waals surface area contributed by atoms with Gasteiger partial charge in [0.05, 0.1) is 10.7 Å². The van der Waals surface area contributed by atoms with Gasteiger partial charge >= 0.3 is 0 Å². The molecule has 0 radical (unpaired) electrons. The SMILES string of the molecule is CCC1CCC(NC(=O)c2cc(-c3csc(C)n3)c[nH]2)CC1. The molecule has 0 aliphatic heterocycles. The average Bonchev–Trinajstić information content (AvgIpc) is 3.16. The Morgan fingerprint density at radius 1 is 1.41 bits per heavy atom. The third-order valence-electron chi connectivity index (χ3n) is 4.60. The predicted molar refractivity (Wildman–Crippen MR) is 90.1 cm³/mol. The number of carbonyl (C=O) groups excluding carboxylic acids is 1. The zero-order valence-corrected chi connectivity index (χ0v) is 14.0. The van der Waals surface area contributed by atoms with Crippen LogP contribution in [0.25, 0.3) is 11.3 Å². The molecule has 2 aromatic rings. The van der Waals surface area contributed by atoms with E-state index in [-0.39, 0.29) is 5.91 Å². The van der Waals surface area contributed by atoms with Crippen LogP contribution in [0.15, 0.2) is 17.6 Å². The summed E-state index contributed by atoms with van der Waals surface area (Å²) in [7, 11) is 0. The molecule has 0 aromatic carbocycles. The van der Waals surface area contributed by atoms with Crippen LogP contribution >= 0.6 is 11.3 Å². The number of aryl methyl sites for hydroxylation is 1. The van der Waals surface area contributed by atoms with Crippen LogP contribution in [0.5, 0.6) is 0 Å². The summed E-state index contributed by atoms with van der Waals surface area (Å²) in [6, 6.07) is 2.21. The molecule has 3 rings (SSSR count). The third-order valence-corrected chi connectivity index (χ3v) is 5.38. The summed E-state index contributed by atoms with van der Waals surface area (Å²) in [5.74, 6) is 0.844. The zero-order chi connectivity index (χ0) is 15.5. The molecule has 1 saturated carbocycles. The summed E-state index contributed by atoms with van der Waals surface area (Å²) in [5, 5.41) is 6.22. The average molecular weight is 317 g/mol. The van der Waals surface area contributed by atoms with Crippen molar-refractivity contribution in [1.29, 1.82) is 0 Å². The number of nitrogens with one attached hydrogen (secondary N) is 2. The fraction of sp³-hybridized carbons (Fsp3) is 0.529. The number of rotatable bonds is 4. The lowest BCUT2D eigenvalue weighted by Crippen LogP contribution is -2.37. The number of thiazole rings is 1. The minimum Gasteiger partial charge on any atom is -0.357 e. The molecule has 2 heterocycles. The topological polar surface area (TPSA) is 57.8 Å². The number of aromatic amines is 1. The fourth-order valence-electron chi connectivity index (χ4n) is 3.15. The molecule has 4 nitrogen and oxygen atoms in total. The van der Waals surface area contributed by atoms with Crippen molar-refractivity contribution in [2.75, 3.05) is 0 Å².